The zero-order valence-corrected chi connectivity index (χ0v) is 14.4. The predicted octanol–water partition coefficient (Wildman–Crippen LogP) is 4.31. The first-order valence-electron chi connectivity index (χ1n) is 8.44. The molecular formula is C17H28N2OS. The van der Waals surface area contributed by atoms with Crippen LogP contribution in [0.25, 0.3) is 0 Å². The molecule has 21 heavy (non-hydrogen) atoms. The van der Waals surface area contributed by atoms with Crippen molar-refractivity contribution in [2.45, 2.75) is 77.9 Å². The van der Waals surface area contributed by atoms with Gasteiger partial charge in [0.25, 0.3) is 0 Å². The van der Waals surface area contributed by atoms with E-state index >= 15 is 0 Å². The fraction of sp³-hybridized carbons (Fsp3) is 0.824. The molecule has 1 heterocycles. The van der Waals surface area contributed by atoms with Gasteiger partial charge < -0.3 is 10.0 Å². The molecule has 0 spiro atoms. The van der Waals surface area contributed by atoms with Crippen LogP contribution in [-0.2, 0) is 6.42 Å². The summed E-state index contributed by atoms with van der Waals surface area (Å²) in [6, 6.07) is 0.654. The van der Waals surface area contributed by atoms with Crippen LogP contribution in [0.4, 0.5) is 5.13 Å². The lowest BCUT2D eigenvalue weighted by Crippen LogP contribution is -2.36. The lowest BCUT2D eigenvalue weighted by atomic mass is 9.77. The zero-order valence-electron chi connectivity index (χ0n) is 13.6. The Morgan fingerprint density at radius 2 is 2.00 bits per heavy atom. The summed E-state index contributed by atoms with van der Waals surface area (Å²) in [6.07, 6.45) is 8.22. The smallest absolute Gasteiger partial charge is 0.186 e. The molecule has 0 amide bonds. The minimum absolute atomic E-state index is 0.166. The van der Waals surface area contributed by atoms with Crippen LogP contribution in [-0.4, -0.2) is 22.7 Å². The second-order valence-electron chi connectivity index (χ2n) is 7.45. The summed E-state index contributed by atoms with van der Waals surface area (Å²) in [7, 11) is 0. The standard InChI is InChI=1S/C17H28N2OS/c1-4-19(12-8-6-5-7-9-12)16-18-13-10-17(2,3)11-14(20)15(13)21-16/h12,14,20H,4-11H2,1-3H3. The largest absolute Gasteiger partial charge is 0.387 e. The second-order valence-corrected chi connectivity index (χ2v) is 8.46. The fourth-order valence-corrected chi connectivity index (χ4v) is 5.15. The molecule has 1 N–H and O–H groups in total. The molecule has 1 unspecified atom stereocenters. The Labute approximate surface area is 132 Å². The summed E-state index contributed by atoms with van der Waals surface area (Å²) in [6.45, 7) is 7.72. The first-order valence-corrected chi connectivity index (χ1v) is 9.26. The van der Waals surface area contributed by atoms with E-state index in [2.05, 4.69) is 25.7 Å². The molecule has 4 heteroatoms. The number of aliphatic hydroxyl groups excluding tert-OH is 1. The molecule has 1 aromatic heterocycles. The van der Waals surface area contributed by atoms with Gasteiger partial charge in [-0.2, -0.15) is 0 Å². The van der Waals surface area contributed by atoms with Gasteiger partial charge in [-0.3, -0.25) is 0 Å². The molecule has 118 valence electrons. The molecular weight excluding hydrogens is 280 g/mol. The van der Waals surface area contributed by atoms with Crippen molar-refractivity contribution in [3.63, 3.8) is 0 Å². The maximum Gasteiger partial charge on any atom is 0.186 e. The highest BCUT2D eigenvalue weighted by molar-refractivity contribution is 7.15. The zero-order chi connectivity index (χ0) is 15.0. The van der Waals surface area contributed by atoms with Gasteiger partial charge in [0.15, 0.2) is 5.13 Å². The van der Waals surface area contributed by atoms with Crippen molar-refractivity contribution in [1.29, 1.82) is 0 Å². The number of aliphatic hydroxyl groups is 1. The van der Waals surface area contributed by atoms with Crippen LogP contribution in [0.3, 0.4) is 0 Å². The molecule has 2 aliphatic carbocycles. The molecule has 0 bridgehead atoms. The minimum Gasteiger partial charge on any atom is -0.387 e. The van der Waals surface area contributed by atoms with Crippen molar-refractivity contribution in [1.82, 2.24) is 4.98 Å². The van der Waals surface area contributed by atoms with Crippen molar-refractivity contribution in [3.05, 3.63) is 10.6 Å². The number of hydrogen-bond donors (Lipinski definition) is 1. The average Bonchev–Trinajstić information content (AvgIpc) is 2.83. The summed E-state index contributed by atoms with van der Waals surface area (Å²) < 4.78 is 0. The Kier molecular flexibility index (Phi) is 4.28. The Hall–Kier alpha value is -0.610. The number of fused-ring (bicyclic) bond motifs is 1. The summed E-state index contributed by atoms with van der Waals surface area (Å²) in [5.74, 6) is 0. The highest BCUT2D eigenvalue weighted by Gasteiger charge is 2.35. The number of thiazole rings is 1. The minimum atomic E-state index is -0.319. The number of rotatable bonds is 3. The highest BCUT2D eigenvalue weighted by atomic mass is 32.1. The van der Waals surface area contributed by atoms with Crippen LogP contribution in [0.1, 0.15) is 76.0 Å². The molecule has 3 nitrogen and oxygen atoms in total. The number of hydrogen-bond acceptors (Lipinski definition) is 4. The second kappa shape index (κ2) is 5.88. The molecule has 2 aliphatic rings. The van der Waals surface area contributed by atoms with E-state index in [-0.39, 0.29) is 11.5 Å². The Morgan fingerprint density at radius 1 is 1.29 bits per heavy atom. The third-order valence-corrected chi connectivity index (χ3v) is 6.25. The summed E-state index contributed by atoms with van der Waals surface area (Å²) in [5.41, 5.74) is 1.31. The summed E-state index contributed by atoms with van der Waals surface area (Å²) in [4.78, 5) is 8.54. The van der Waals surface area contributed by atoms with Crippen LogP contribution >= 0.6 is 11.3 Å². The van der Waals surface area contributed by atoms with Gasteiger partial charge in [0.2, 0.25) is 0 Å². The molecule has 1 aromatic rings. The van der Waals surface area contributed by atoms with Crippen molar-refractivity contribution in [2.75, 3.05) is 11.4 Å². The van der Waals surface area contributed by atoms with Gasteiger partial charge in [0, 0.05) is 12.6 Å². The molecule has 0 aliphatic heterocycles. The number of anilines is 1. The van der Waals surface area contributed by atoms with E-state index in [1.54, 1.807) is 11.3 Å². The molecule has 1 atom stereocenters. The molecule has 0 aromatic carbocycles. The molecule has 0 radical (unpaired) electrons. The summed E-state index contributed by atoms with van der Waals surface area (Å²) in [5, 5.41) is 11.6. The fourth-order valence-electron chi connectivity index (χ4n) is 3.94. The van der Waals surface area contributed by atoms with Crippen molar-refractivity contribution in [3.8, 4) is 0 Å². The maximum atomic E-state index is 10.4. The first-order chi connectivity index (χ1) is 10.00. The van der Waals surface area contributed by atoms with Gasteiger partial charge in [-0.05, 0) is 38.0 Å². The van der Waals surface area contributed by atoms with Crippen molar-refractivity contribution < 1.29 is 5.11 Å². The lowest BCUT2D eigenvalue weighted by Gasteiger charge is -2.33. The Balaban J connectivity index is 1.85. The van der Waals surface area contributed by atoms with Gasteiger partial charge >= 0.3 is 0 Å². The highest BCUT2D eigenvalue weighted by Crippen LogP contribution is 2.45. The van der Waals surface area contributed by atoms with E-state index in [9.17, 15) is 5.11 Å². The van der Waals surface area contributed by atoms with Gasteiger partial charge in [-0.1, -0.05) is 44.4 Å². The van der Waals surface area contributed by atoms with Crippen LogP contribution in [0, 0.1) is 5.41 Å². The molecule has 1 saturated carbocycles. The van der Waals surface area contributed by atoms with E-state index < -0.39 is 0 Å². The number of nitrogens with zero attached hydrogens (tertiary/aromatic N) is 2. The van der Waals surface area contributed by atoms with Crippen LogP contribution in [0.2, 0.25) is 0 Å². The van der Waals surface area contributed by atoms with Gasteiger partial charge in [0.1, 0.15) is 0 Å². The van der Waals surface area contributed by atoms with E-state index in [1.165, 1.54) is 32.1 Å². The quantitative estimate of drug-likeness (QED) is 0.904. The normalized spacial score (nSPS) is 25.6. The molecule has 1 fully saturated rings. The topological polar surface area (TPSA) is 36.4 Å². The van der Waals surface area contributed by atoms with E-state index in [0.717, 1.165) is 35.1 Å². The molecule has 3 rings (SSSR count). The van der Waals surface area contributed by atoms with Crippen molar-refractivity contribution >= 4 is 16.5 Å². The van der Waals surface area contributed by atoms with Crippen LogP contribution < -0.4 is 4.90 Å². The van der Waals surface area contributed by atoms with E-state index in [1.807, 2.05) is 0 Å². The summed E-state index contributed by atoms with van der Waals surface area (Å²) >= 11 is 1.74. The van der Waals surface area contributed by atoms with E-state index in [4.69, 9.17) is 4.98 Å². The number of aromatic nitrogens is 1. The van der Waals surface area contributed by atoms with Gasteiger partial charge in [0.05, 0.1) is 16.7 Å². The van der Waals surface area contributed by atoms with Gasteiger partial charge in [-0.15, -0.1) is 0 Å². The van der Waals surface area contributed by atoms with Crippen LogP contribution in [0.15, 0.2) is 0 Å². The lowest BCUT2D eigenvalue weighted by molar-refractivity contribution is 0.102. The SMILES string of the molecule is CCN(c1nc2c(s1)C(O)CC(C)(C)C2)C1CCCCC1. The van der Waals surface area contributed by atoms with Crippen LogP contribution in [0.5, 0.6) is 0 Å². The maximum absolute atomic E-state index is 10.4. The third kappa shape index (κ3) is 3.11. The Morgan fingerprint density at radius 3 is 2.67 bits per heavy atom. The van der Waals surface area contributed by atoms with Crippen molar-refractivity contribution in [2.24, 2.45) is 5.41 Å². The predicted molar refractivity (Wildman–Crippen MR) is 89.1 cm³/mol. The molecule has 0 saturated heterocycles. The third-order valence-electron chi connectivity index (χ3n) is 5.01. The monoisotopic (exact) mass is 308 g/mol. The Bertz CT molecular complexity index is 491. The first kappa shape index (κ1) is 15.3. The average molecular weight is 308 g/mol. The van der Waals surface area contributed by atoms with Gasteiger partial charge in [-0.25, -0.2) is 4.98 Å². The van der Waals surface area contributed by atoms with E-state index in [0.29, 0.717) is 6.04 Å².